The van der Waals surface area contributed by atoms with E-state index in [2.05, 4.69) is 5.32 Å². The molecule has 10 heteroatoms. The molecule has 2 rings (SSSR count). The van der Waals surface area contributed by atoms with Gasteiger partial charge in [-0.05, 0) is 49.9 Å². The van der Waals surface area contributed by atoms with Gasteiger partial charge < -0.3 is 25.7 Å². The van der Waals surface area contributed by atoms with Crippen molar-refractivity contribution >= 4 is 35.3 Å². The lowest BCUT2D eigenvalue weighted by Gasteiger charge is -2.34. The van der Waals surface area contributed by atoms with E-state index in [1.807, 2.05) is 56.4 Å². The van der Waals surface area contributed by atoms with Crippen LogP contribution in [0.25, 0.3) is 0 Å². The SMILES string of the molecule is CCCCC(C(=O)NCc1ccccc1)N(C(=O)CCc1ccc(NC(=O)C(=O)O)c(C(=O)O)c1)C(C)C. The van der Waals surface area contributed by atoms with Crippen LogP contribution in [0.1, 0.15) is 67.9 Å². The van der Waals surface area contributed by atoms with Crippen LogP contribution in [0.15, 0.2) is 48.5 Å². The molecule has 0 aliphatic heterocycles. The highest BCUT2D eigenvalue weighted by Gasteiger charge is 2.31. The lowest BCUT2D eigenvalue weighted by atomic mass is 10.0. The quantitative estimate of drug-likeness (QED) is 0.292. The molecule has 0 bridgehead atoms. The van der Waals surface area contributed by atoms with Crippen LogP contribution in [0.4, 0.5) is 5.69 Å². The topological polar surface area (TPSA) is 153 Å². The highest BCUT2D eigenvalue weighted by molar-refractivity contribution is 6.36. The fraction of sp³-hybridized carbons (Fsp3) is 0.393. The van der Waals surface area contributed by atoms with Crippen molar-refractivity contribution in [2.75, 3.05) is 5.32 Å². The zero-order chi connectivity index (χ0) is 28.2. The summed E-state index contributed by atoms with van der Waals surface area (Å²) in [7, 11) is 0. The monoisotopic (exact) mass is 525 g/mol. The second-order valence-corrected chi connectivity index (χ2v) is 9.20. The van der Waals surface area contributed by atoms with Crippen molar-refractivity contribution in [3.63, 3.8) is 0 Å². The Morgan fingerprint density at radius 3 is 2.21 bits per heavy atom. The molecule has 4 N–H and O–H groups in total. The van der Waals surface area contributed by atoms with Gasteiger partial charge in [0.15, 0.2) is 0 Å². The molecule has 10 nitrogen and oxygen atoms in total. The maximum Gasteiger partial charge on any atom is 0.394 e. The summed E-state index contributed by atoms with van der Waals surface area (Å²) in [5, 5.41) is 23.3. The Morgan fingerprint density at radius 2 is 1.63 bits per heavy atom. The molecule has 38 heavy (non-hydrogen) atoms. The number of carboxylic acid groups (broad SMARTS) is 2. The van der Waals surface area contributed by atoms with Crippen molar-refractivity contribution in [1.82, 2.24) is 10.2 Å². The van der Waals surface area contributed by atoms with Crippen LogP contribution in [0, 0.1) is 0 Å². The number of carboxylic acids is 2. The van der Waals surface area contributed by atoms with Crippen LogP contribution in [-0.4, -0.2) is 56.9 Å². The number of aliphatic carboxylic acids is 1. The molecule has 0 heterocycles. The Morgan fingerprint density at radius 1 is 0.947 bits per heavy atom. The number of aryl methyl sites for hydroxylation is 1. The first-order valence-electron chi connectivity index (χ1n) is 12.6. The number of carbonyl (C=O) groups is 5. The Balaban J connectivity index is 2.17. The van der Waals surface area contributed by atoms with Gasteiger partial charge in [-0.1, -0.05) is 56.2 Å². The van der Waals surface area contributed by atoms with Gasteiger partial charge in [0.05, 0.1) is 11.3 Å². The first kappa shape index (κ1) is 30.0. The summed E-state index contributed by atoms with van der Waals surface area (Å²) >= 11 is 0. The van der Waals surface area contributed by atoms with Gasteiger partial charge in [0.2, 0.25) is 11.8 Å². The van der Waals surface area contributed by atoms with Crippen molar-refractivity contribution in [3.8, 4) is 0 Å². The summed E-state index contributed by atoms with van der Waals surface area (Å²) < 4.78 is 0. The van der Waals surface area contributed by atoms with Gasteiger partial charge in [-0.25, -0.2) is 9.59 Å². The van der Waals surface area contributed by atoms with Gasteiger partial charge in [-0.3, -0.25) is 14.4 Å². The molecule has 0 fully saturated rings. The summed E-state index contributed by atoms with van der Waals surface area (Å²) in [4.78, 5) is 62.1. The predicted octanol–water partition coefficient (Wildman–Crippen LogP) is 3.45. The first-order chi connectivity index (χ1) is 18.0. The predicted molar refractivity (Wildman–Crippen MR) is 142 cm³/mol. The maximum absolute atomic E-state index is 13.4. The number of carbonyl (C=O) groups excluding carboxylic acids is 3. The van der Waals surface area contributed by atoms with Crippen molar-refractivity contribution in [2.24, 2.45) is 0 Å². The van der Waals surface area contributed by atoms with E-state index in [0.29, 0.717) is 18.5 Å². The highest BCUT2D eigenvalue weighted by atomic mass is 16.4. The number of benzene rings is 2. The number of amides is 3. The second kappa shape index (κ2) is 14.5. The molecule has 0 aliphatic rings. The first-order valence-corrected chi connectivity index (χ1v) is 12.6. The number of unbranched alkanes of at least 4 members (excludes halogenated alkanes) is 1. The van der Waals surface area contributed by atoms with E-state index < -0.39 is 23.9 Å². The van der Waals surface area contributed by atoms with Gasteiger partial charge in [0, 0.05) is 19.0 Å². The fourth-order valence-electron chi connectivity index (χ4n) is 4.11. The lowest BCUT2D eigenvalue weighted by Crippen LogP contribution is -2.52. The van der Waals surface area contributed by atoms with Gasteiger partial charge >= 0.3 is 17.8 Å². The minimum Gasteiger partial charge on any atom is -0.478 e. The number of nitrogens with one attached hydrogen (secondary N) is 2. The van der Waals surface area contributed by atoms with Crippen LogP contribution in [0.2, 0.25) is 0 Å². The average Bonchev–Trinajstić information content (AvgIpc) is 2.88. The minimum atomic E-state index is -1.74. The molecule has 0 radical (unpaired) electrons. The van der Waals surface area contributed by atoms with E-state index >= 15 is 0 Å². The van der Waals surface area contributed by atoms with Crippen LogP contribution in [-0.2, 0) is 32.1 Å². The van der Waals surface area contributed by atoms with Gasteiger partial charge in [-0.2, -0.15) is 0 Å². The number of hydrogen-bond donors (Lipinski definition) is 4. The zero-order valence-corrected chi connectivity index (χ0v) is 21.9. The summed E-state index contributed by atoms with van der Waals surface area (Å²) in [5.41, 5.74) is 1.03. The van der Waals surface area contributed by atoms with E-state index in [-0.39, 0.29) is 41.9 Å². The number of rotatable bonds is 13. The maximum atomic E-state index is 13.4. The third-order valence-corrected chi connectivity index (χ3v) is 6.01. The second-order valence-electron chi connectivity index (χ2n) is 9.20. The summed E-state index contributed by atoms with van der Waals surface area (Å²) in [5.74, 6) is -4.91. The number of aromatic carboxylic acids is 1. The Labute approximate surface area is 222 Å². The molecule has 0 aromatic heterocycles. The van der Waals surface area contributed by atoms with Crippen molar-refractivity contribution in [1.29, 1.82) is 0 Å². The highest BCUT2D eigenvalue weighted by Crippen LogP contribution is 2.21. The Hall–Kier alpha value is -4.21. The van der Waals surface area contributed by atoms with E-state index in [9.17, 15) is 29.1 Å². The van der Waals surface area contributed by atoms with E-state index in [0.717, 1.165) is 18.4 Å². The molecule has 1 atom stereocenters. The molecule has 0 saturated carbocycles. The molecule has 3 amide bonds. The van der Waals surface area contributed by atoms with Crippen molar-refractivity contribution in [3.05, 3.63) is 65.2 Å². The van der Waals surface area contributed by atoms with E-state index in [1.165, 1.54) is 18.2 Å². The summed E-state index contributed by atoms with van der Waals surface area (Å²) in [6.07, 6.45) is 2.38. The van der Waals surface area contributed by atoms with Gasteiger partial charge in [0.25, 0.3) is 0 Å². The molecule has 2 aromatic rings. The molecule has 0 aliphatic carbocycles. The molecule has 0 spiro atoms. The molecule has 204 valence electrons. The number of anilines is 1. The van der Waals surface area contributed by atoms with Crippen molar-refractivity contribution < 1.29 is 34.2 Å². The lowest BCUT2D eigenvalue weighted by molar-refractivity contribution is -0.147. The fourth-order valence-corrected chi connectivity index (χ4v) is 4.11. The molecular weight excluding hydrogens is 490 g/mol. The standard InChI is InChI=1S/C28H35N3O7/c1-4-5-11-23(25(33)29-17-20-9-7-6-8-10-20)31(18(2)3)24(32)15-13-19-12-14-22(21(16-19)27(35)36)30-26(34)28(37)38/h6-10,12,14,16,18,23H,4-5,11,13,15,17H2,1-3H3,(H,29,33)(H,30,34)(H,35,36)(H,37,38). The average molecular weight is 526 g/mol. The Bertz CT molecular complexity index is 1150. The zero-order valence-electron chi connectivity index (χ0n) is 21.9. The Kier molecular flexibility index (Phi) is 11.5. The molecular formula is C28H35N3O7. The molecule has 1 unspecified atom stereocenters. The molecule has 2 aromatic carbocycles. The van der Waals surface area contributed by atoms with Gasteiger partial charge in [-0.15, -0.1) is 0 Å². The smallest absolute Gasteiger partial charge is 0.394 e. The van der Waals surface area contributed by atoms with Crippen LogP contribution in [0.5, 0.6) is 0 Å². The van der Waals surface area contributed by atoms with Crippen LogP contribution in [0.3, 0.4) is 0 Å². The third-order valence-electron chi connectivity index (χ3n) is 6.01. The van der Waals surface area contributed by atoms with E-state index in [1.54, 1.807) is 4.90 Å². The van der Waals surface area contributed by atoms with Crippen molar-refractivity contribution in [2.45, 2.75) is 71.5 Å². The minimum absolute atomic E-state index is 0.0344. The third kappa shape index (κ3) is 8.72. The number of hydrogen-bond acceptors (Lipinski definition) is 5. The largest absolute Gasteiger partial charge is 0.478 e. The van der Waals surface area contributed by atoms with E-state index in [4.69, 9.17) is 5.11 Å². The van der Waals surface area contributed by atoms with Crippen LogP contribution >= 0.6 is 0 Å². The normalized spacial score (nSPS) is 11.5. The van der Waals surface area contributed by atoms with Gasteiger partial charge in [0.1, 0.15) is 6.04 Å². The molecule has 0 saturated heterocycles. The number of nitrogens with zero attached hydrogens (tertiary/aromatic N) is 1. The van der Waals surface area contributed by atoms with Crippen LogP contribution < -0.4 is 10.6 Å². The summed E-state index contributed by atoms with van der Waals surface area (Å²) in [6.45, 7) is 6.07. The summed E-state index contributed by atoms with van der Waals surface area (Å²) in [6, 6.07) is 12.7.